The van der Waals surface area contributed by atoms with E-state index in [2.05, 4.69) is 24.1 Å². The van der Waals surface area contributed by atoms with Crippen LogP contribution < -0.4 is 4.74 Å². The van der Waals surface area contributed by atoms with Gasteiger partial charge in [0.15, 0.2) is 0 Å². The first-order valence-electron chi connectivity index (χ1n) is 6.30. The van der Waals surface area contributed by atoms with Crippen LogP contribution in [-0.2, 0) is 0 Å². The first-order chi connectivity index (χ1) is 9.06. The predicted molar refractivity (Wildman–Crippen MR) is 73.9 cm³/mol. The number of nitrogens with zero attached hydrogens (tertiary/aromatic N) is 2. The highest BCUT2D eigenvalue weighted by Gasteiger charge is 2.11. The van der Waals surface area contributed by atoms with Crippen LogP contribution in [-0.4, -0.2) is 29.9 Å². The van der Waals surface area contributed by atoms with Gasteiger partial charge in [0.05, 0.1) is 0 Å². The molecule has 0 fully saturated rings. The second-order valence-corrected chi connectivity index (χ2v) is 4.86. The van der Waals surface area contributed by atoms with E-state index >= 15 is 0 Å². The van der Waals surface area contributed by atoms with E-state index in [4.69, 9.17) is 4.74 Å². The van der Waals surface area contributed by atoms with Crippen LogP contribution in [0.25, 0.3) is 0 Å². The van der Waals surface area contributed by atoms with Gasteiger partial charge in [-0.05, 0) is 30.6 Å². The molecule has 0 radical (unpaired) electrons. The molecule has 1 amide bonds. The molecule has 0 saturated heterocycles. The zero-order valence-corrected chi connectivity index (χ0v) is 11.5. The van der Waals surface area contributed by atoms with Gasteiger partial charge in [-0.3, -0.25) is 9.78 Å². The number of hydrogen-bond acceptors (Lipinski definition) is 3. The van der Waals surface area contributed by atoms with Gasteiger partial charge >= 0.3 is 0 Å². The maximum atomic E-state index is 11.8. The fourth-order valence-electron chi connectivity index (χ4n) is 1.74. The molecule has 1 aromatic rings. The molecule has 4 heteroatoms. The van der Waals surface area contributed by atoms with E-state index in [1.54, 1.807) is 32.4 Å². The van der Waals surface area contributed by atoms with Crippen LogP contribution in [0.3, 0.4) is 0 Å². The zero-order chi connectivity index (χ0) is 13.8. The minimum absolute atomic E-state index is 0.132. The molecule has 0 N–H and O–H groups in total. The van der Waals surface area contributed by atoms with E-state index in [0.29, 0.717) is 17.4 Å². The number of allylic oxidation sites excluding steroid dienone is 3. The summed E-state index contributed by atoms with van der Waals surface area (Å²) in [6.45, 7) is 2.16. The molecule has 0 spiro atoms. The minimum Gasteiger partial charge on any atom is -0.458 e. The Hall–Kier alpha value is -2.10. The molecule has 2 rings (SSSR count). The van der Waals surface area contributed by atoms with Crippen LogP contribution in [0.4, 0.5) is 0 Å². The third-order valence-electron chi connectivity index (χ3n) is 2.87. The monoisotopic (exact) mass is 258 g/mol. The van der Waals surface area contributed by atoms with Gasteiger partial charge in [0.25, 0.3) is 5.91 Å². The Balaban J connectivity index is 2.12. The van der Waals surface area contributed by atoms with Gasteiger partial charge in [-0.1, -0.05) is 13.0 Å². The number of hydrogen-bond donors (Lipinski definition) is 0. The molecule has 100 valence electrons. The molecule has 1 atom stereocenters. The summed E-state index contributed by atoms with van der Waals surface area (Å²) >= 11 is 0. The van der Waals surface area contributed by atoms with Crippen LogP contribution in [0.5, 0.6) is 5.75 Å². The Bertz CT molecular complexity index is 533. The van der Waals surface area contributed by atoms with E-state index in [0.717, 1.165) is 12.2 Å². The van der Waals surface area contributed by atoms with Gasteiger partial charge in [-0.2, -0.15) is 0 Å². The summed E-state index contributed by atoms with van der Waals surface area (Å²) < 4.78 is 5.74. The molecular formula is C15H18N2O2. The number of amides is 1. The number of pyridine rings is 1. The Morgan fingerprint density at radius 2 is 2.26 bits per heavy atom. The molecule has 1 aromatic heterocycles. The summed E-state index contributed by atoms with van der Waals surface area (Å²) in [6, 6.07) is 3.41. The van der Waals surface area contributed by atoms with Crippen molar-refractivity contribution in [2.24, 2.45) is 5.92 Å². The highest BCUT2D eigenvalue weighted by molar-refractivity contribution is 5.92. The van der Waals surface area contributed by atoms with Gasteiger partial charge < -0.3 is 9.64 Å². The summed E-state index contributed by atoms with van der Waals surface area (Å²) in [5.74, 6) is 1.86. The maximum Gasteiger partial charge on any atom is 0.272 e. The smallest absolute Gasteiger partial charge is 0.272 e. The largest absolute Gasteiger partial charge is 0.458 e. The first kappa shape index (κ1) is 13.3. The van der Waals surface area contributed by atoms with Gasteiger partial charge in [0.1, 0.15) is 17.2 Å². The van der Waals surface area contributed by atoms with Crippen molar-refractivity contribution in [3.63, 3.8) is 0 Å². The van der Waals surface area contributed by atoms with E-state index in [9.17, 15) is 4.79 Å². The van der Waals surface area contributed by atoms with Gasteiger partial charge in [0.2, 0.25) is 0 Å². The van der Waals surface area contributed by atoms with E-state index < -0.39 is 0 Å². The van der Waals surface area contributed by atoms with Crippen molar-refractivity contribution in [3.8, 4) is 5.75 Å². The van der Waals surface area contributed by atoms with Crippen molar-refractivity contribution in [3.05, 3.63) is 48.0 Å². The standard InChI is InChI=1S/C15H18N2O2/c1-11-4-6-12(7-5-11)19-13-8-9-16-14(10-13)15(18)17(2)3/h4,6-11H,5H2,1-3H3. The Labute approximate surface area is 113 Å². The molecule has 1 unspecified atom stereocenters. The lowest BCUT2D eigenvalue weighted by molar-refractivity contribution is 0.0821. The number of aromatic nitrogens is 1. The Morgan fingerprint density at radius 1 is 1.47 bits per heavy atom. The minimum atomic E-state index is -0.132. The van der Waals surface area contributed by atoms with Crippen LogP contribution in [0.15, 0.2) is 42.3 Å². The van der Waals surface area contributed by atoms with E-state index in [1.807, 2.05) is 6.08 Å². The summed E-state index contributed by atoms with van der Waals surface area (Å²) in [5.41, 5.74) is 0.385. The molecule has 19 heavy (non-hydrogen) atoms. The van der Waals surface area contributed by atoms with Crippen molar-refractivity contribution in [1.82, 2.24) is 9.88 Å². The molecule has 0 aromatic carbocycles. The molecule has 4 nitrogen and oxygen atoms in total. The normalized spacial score (nSPS) is 17.8. The second-order valence-electron chi connectivity index (χ2n) is 4.86. The third kappa shape index (κ3) is 3.44. The van der Waals surface area contributed by atoms with Gasteiger partial charge in [-0.25, -0.2) is 0 Å². The lowest BCUT2D eigenvalue weighted by atomic mass is 10.0. The molecule has 0 bridgehead atoms. The fourth-order valence-corrected chi connectivity index (χ4v) is 1.74. The summed E-state index contributed by atoms with van der Waals surface area (Å²) in [7, 11) is 3.40. The quantitative estimate of drug-likeness (QED) is 0.837. The Kier molecular flexibility index (Phi) is 4.00. The summed E-state index contributed by atoms with van der Waals surface area (Å²) in [4.78, 5) is 17.4. The summed E-state index contributed by atoms with van der Waals surface area (Å²) in [6.07, 6.45) is 8.69. The fraction of sp³-hybridized carbons (Fsp3) is 0.333. The lowest BCUT2D eigenvalue weighted by Crippen LogP contribution is -2.22. The average molecular weight is 258 g/mol. The van der Waals surface area contributed by atoms with E-state index in [-0.39, 0.29) is 5.91 Å². The second kappa shape index (κ2) is 5.69. The highest BCUT2D eigenvalue weighted by Crippen LogP contribution is 2.20. The van der Waals surface area contributed by atoms with Gasteiger partial charge in [-0.15, -0.1) is 0 Å². The topological polar surface area (TPSA) is 42.4 Å². The van der Waals surface area contributed by atoms with Crippen LogP contribution in [0, 0.1) is 5.92 Å². The lowest BCUT2D eigenvalue weighted by Gasteiger charge is -2.14. The SMILES string of the molecule is CC1C=CC(Oc2ccnc(C(=O)N(C)C)c2)=CC1. The zero-order valence-electron chi connectivity index (χ0n) is 11.5. The van der Waals surface area contributed by atoms with Crippen LogP contribution in [0.2, 0.25) is 0 Å². The van der Waals surface area contributed by atoms with Crippen LogP contribution in [0.1, 0.15) is 23.8 Å². The number of carbonyl (C=O) groups excluding carboxylic acids is 1. The van der Waals surface area contributed by atoms with Gasteiger partial charge in [0, 0.05) is 26.4 Å². The number of carbonyl (C=O) groups is 1. The first-order valence-corrected chi connectivity index (χ1v) is 6.30. The van der Waals surface area contributed by atoms with E-state index in [1.165, 1.54) is 4.90 Å². The summed E-state index contributed by atoms with van der Waals surface area (Å²) in [5, 5.41) is 0. The molecule has 1 heterocycles. The highest BCUT2D eigenvalue weighted by atomic mass is 16.5. The molecule has 0 aliphatic heterocycles. The van der Waals surface area contributed by atoms with Crippen molar-refractivity contribution < 1.29 is 9.53 Å². The van der Waals surface area contributed by atoms with Crippen molar-refractivity contribution in [2.75, 3.05) is 14.1 Å². The predicted octanol–water partition coefficient (Wildman–Crippen LogP) is 2.64. The molecule has 1 aliphatic carbocycles. The maximum absolute atomic E-state index is 11.8. The number of rotatable bonds is 3. The Morgan fingerprint density at radius 3 is 2.89 bits per heavy atom. The molecule has 1 aliphatic rings. The number of ether oxygens (including phenoxy) is 1. The van der Waals surface area contributed by atoms with Crippen molar-refractivity contribution in [2.45, 2.75) is 13.3 Å². The molecular weight excluding hydrogens is 240 g/mol. The van der Waals surface area contributed by atoms with Crippen molar-refractivity contribution >= 4 is 5.91 Å². The average Bonchev–Trinajstić information content (AvgIpc) is 2.41. The third-order valence-corrected chi connectivity index (χ3v) is 2.87. The van der Waals surface area contributed by atoms with Crippen LogP contribution >= 0.6 is 0 Å². The molecule has 0 saturated carbocycles. The van der Waals surface area contributed by atoms with Crippen molar-refractivity contribution in [1.29, 1.82) is 0 Å².